The van der Waals surface area contributed by atoms with E-state index in [1.165, 1.54) is 0 Å². The molecule has 0 spiro atoms. The maximum atomic E-state index is 12.5. The molecule has 3 heterocycles. The predicted octanol–water partition coefficient (Wildman–Crippen LogP) is 2.11. The lowest BCUT2D eigenvalue weighted by atomic mass is 10.3. The maximum Gasteiger partial charge on any atom is 0.292 e. The second kappa shape index (κ2) is 7.17. The average molecular weight is 331 g/mol. The summed E-state index contributed by atoms with van der Waals surface area (Å²) < 4.78 is 7.31. The van der Waals surface area contributed by atoms with E-state index in [1.807, 2.05) is 24.2 Å². The summed E-state index contributed by atoms with van der Waals surface area (Å²) in [5.41, 5.74) is 0.732. The summed E-state index contributed by atoms with van der Waals surface area (Å²) in [6.07, 6.45) is 4.83. The summed E-state index contributed by atoms with van der Waals surface area (Å²) in [6, 6.07) is 2.10. The third-order valence-electron chi connectivity index (χ3n) is 4.38. The van der Waals surface area contributed by atoms with Crippen LogP contribution in [-0.4, -0.2) is 56.6 Å². The Hall–Kier alpha value is -2.15. The Morgan fingerprint density at radius 2 is 2.12 bits per heavy atom. The van der Waals surface area contributed by atoms with Crippen LogP contribution in [0.2, 0.25) is 0 Å². The molecule has 0 N–H and O–H groups in total. The van der Waals surface area contributed by atoms with Crippen molar-refractivity contribution in [3.8, 4) is 0 Å². The van der Waals surface area contributed by atoms with Crippen LogP contribution in [0.4, 0.5) is 0 Å². The van der Waals surface area contributed by atoms with Crippen LogP contribution in [0.25, 0.3) is 0 Å². The van der Waals surface area contributed by atoms with Crippen molar-refractivity contribution in [3.63, 3.8) is 0 Å². The zero-order valence-electron chi connectivity index (χ0n) is 14.6. The molecule has 0 saturated carbocycles. The molecule has 0 bridgehead atoms. The molecule has 0 aliphatic carbocycles. The zero-order valence-corrected chi connectivity index (χ0v) is 14.6. The molecule has 1 aliphatic heterocycles. The summed E-state index contributed by atoms with van der Waals surface area (Å²) in [5.74, 6) is 1.34. The molecule has 1 fully saturated rings. The van der Waals surface area contributed by atoms with Gasteiger partial charge in [-0.1, -0.05) is 5.16 Å². The zero-order chi connectivity index (χ0) is 17.1. The third-order valence-corrected chi connectivity index (χ3v) is 4.38. The van der Waals surface area contributed by atoms with Gasteiger partial charge in [0.25, 0.3) is 5.91 Å². The lowest BCUT2D eigenvalue weighted by Crippen LogP contribution is -2.35. The number of amides is 1. The van der Waals surface area contributed by atoms with Gasteiger partial charge in [-0.3, -0.25) is 9.69 Å². The first-order valence-corrected chi connectivity index (χ1v) is 8.51. The summed E-state index contributed by atoms with van der Waals surface area (Å²) in [7, 11) is 0. The van der Waals surface area contributed by atoms with Crippen LogP contribution in [0.15, 0.2) is 23.0 Å². The molecule has 1 amide bonds. The molecular formula is C17H25N5O2. The number of aromatic nitrogens is 3. The van der Waals surface area contributed by atoms with Crippen LogP contribution in [0, 0.1) is 6.92 Å². The second-order valence-electron chi connectivity index (χ2n) is 6.60. The molecule has 0 atom stereocenters. The normalized spacial score (nSPS) is 16.6. The Morgan fingerprint density at radius 1 is 1.29 bits per heavy atom. The number of nitrogens with zero attached hydrogens (tertiary/aromatic N) is 5. The van der Waals surface area contributed by atoms with Crippen LogP contribution in [0.5, 0.6) is 0 Å². The van der Waals surface area contributed by atoms with Gasteiger partial charge >= 0.3 is 0 Å². The van der Waals surface area contributed by atoms with Crippen molar-refractivity contribution in [1.29, 1.82) is 0 Å². The minimum atomic E-state index is -0.0684. The van der Waals surface area contributed by atoms with Gasteiger partial charge < -0.3 is 14.0 Å². The Bertz CT molecular complexity index is 691. The first-order chi connectivity index (χ1) is 11.5. The molecule has 7 heteroatoms. The fourth-order valence-electron chi connectivity index (χ4n) is 3.09. The summed E-state index contributed by atoms with van der Waals surface area (Å²) in [6.45, 7) is 10.2. The highest BCUT2D eigenvalue weighted by molar-refractivity contribution is 5.91. The molecule has 3 rings (SSSR count). The summed E-state index contributed by atoms with van der Waals surface area (Å²) in [4.78, 5) is 21.2. The van der Waals surface area contributed by atoms with Crippen LogP contribution in [0.3, 0.4) is 0 Å². The van der Waals surface area contributed by atoms with Gasteiger partial charge in [-0.15, -0.1) is 0 Å². The van der Waals surface area contributed by atoms with Crippen LogP contribution in [-0.2, 0) is 6.54 Å². The van der Waals surface area contributed by atoms with Gasteiger partial charge in [0.15, 0.2) is 0 Å². The van der Waals surface area contributed by atoms with Crippen molar-refractivity contribution in [2.24, 2.45) is 0 Å². The number of rotatable bonds is 4. The molecule has 1 saturated heterocycles. The second-order valence-corrected chi connectivity index (χ2v) is 6.60. The Balaban J connectivity index is 1.61. The molecule has 0 aromatic carbocycles. The number of carbonyl (C=O) groups is 1. The number of carbonyl (C=O) groups excluding carboxylic acids is 1. The molecule has 130 valence electrons. The van der Waals surface area contributed by atoms with E-state index in [0.29, 0.717) is 18.3 Å². The highest BCUT2D eigenvalue weighted by atomic mass is 16.5. The minimum Gasteiger partial charge on any atom is -0.351 e. The highest BCUT2D eigenvalue weighted by Gasteiger charge is 2.23. The van der Waals surface area contributed by atoms with E-state index in [9.17, 15) is 4.79 Å². The summed E-state index contributed by atoms with van der Waals surface area (Å²) >= 11 is 0. The molecule has 2 aromatic heterocycles. The Labute approximate surface area is 142 Å². The van der Waals surface area contributed by atoms with E-state index in [4.69, 9.17) is 4.52 Å². The number of imidazole rings is 1. The van der Waals surface area contributed by atoms with E-state index < -0.39 is 0 Å². The van der Waals surface area contributed by atoms with Gasteiger partial charge in [0.1, 0.15) is 5.82 Å². The standard InChI is InChI=1S/C17H25N5O2/c1-13(2)22-8-5-18-16(22)12-20-6-4-7-21(10-9-20)17(23)15-11-14(3)19-24-15/h5,8,11,13H,4,6-7,9-10,12H2,1-3H3. The van der Waals surface area contributed by atoms with Crippen LogP contribution in [0.1, 0.15) is 48.4 Å². The van der Waals surface area contributed by atoms with Crippen molar-refractivity contribution in [2.75, 3.05) is 26.2 Å². The van der Waals surface area contributed by atoms with E-state index in [2.05, 4.69) is 33.5 Å². The highest BCUT2D eigenvalue weighted by Crippen LogP contribution is 2.14. The fourth-order valence-corrected chi connectivity index (χ4v) is 3.09. The predicted molar refractivity (Wildman–Crippen MR) is 89.6 cm³/mol. The Morgan fingerprint density at radius 3 is 2.83 bits per heavy atom. The van der Waals surface area contributed by atoms with E-state index >= 15 is 0 Å². The average Bonchev–Trinajstić information content (AvgIpc) is 3.11. The minimum absolute atomic E-state index is 0.0684. The third kappa shape index (κ3) is 3.67. The fraction of sp³-hybridized carbons (Fsp3) is 0.588. The van der Waals surface area contributed by atoms with Gasteiger partial charge in [0, 0.05) is 50.7 Å². The van der Waals surface area contributed by atoms with Gasteiger partial charge in [-0.05, 0) is 27.2 Å². The van der Waals surface area contributed by atoms with Crippen molar-refractivity contribution in [1.82, 2.24) is 24.5 Å². The first-order valence-electron chi connectivity index (χ1n) is 8.51. The largest absolute Gasteiger partial charge is 0.351 e. The quantitative estimate of drug-likeness (QED) is 0.858. The van der Waals surface area contributed by atoms with Gasteiger partial charge in [-0.2, -0.15) is 0 Å². The van der Waals surface area contributed by atoms with Gasteiger partial charge in [-0.25, -0.2) is 4.98 Å². The first kappa shape index (κ1) is 16.7. The van der Waals surface area contributed by atoms with Crippen LogP contribution >= 0.6 is 0 Å². The molecule has 1 aliphatic rings. The van der Waals surface area contributed by atoms with Crippen molar-refractivity contribution >= 4 is 5.91 Å². The topological polar surface area (TPSA) is 67.4 Å². The molecule has 24 heavy (non-hydrogen) atoms. The van der Waals surface area contributed by atoms with Gasteiger partial charge in [0.2, 0.25) is 5.76 Å². The molecule has 0 unspecified atom stereocenters. The number of hydrogen-bond acceptors (Lipinski definition) is 5. The smallest absolute Gasteiger partial charge is 0.292 e. The van der Waals surface area contributed by atoms with Crippen LogP contribution < -0.4 is 0 Å². The van der Waals surface area contributed by atoms with Crippen molar-refractivity contribution in [3.05, 3.63) is 35.7 Å². The number of hydrogen-bond donors (Lipinski definition) is 0. The van der Waals surface area contributed by atoms with Gasteiger partial charge in [0.05, 0.1) is 12.2 Å². The van der Waals surface area contributed by atoms with E-state index in [1.54, 1.807) is 6.07 Å². The van der Waals surface area contributed by atoms with Crippen molar-refractivity contribution in [2.45, 2.75) is 39.8 Å². The SMILES string of the molecule is Cc1cc(C(=O)N2CCCN(Cc3nccn3C(C)C)CC2)on1. The Kier molecular flexibility index (Phi) is 4.99. The number of aryl methyl sites for hydroxylation is 1. The van der Waals surface area contributed by atoms with Crippen molar-refractivity contribution < 1.29 is 9.32 Å². The molecule has 7 nitrogen and oxygen atoms in total. The van der Waals surface area contributed by atoms with E-state index in [0.717, 1.165) is 44.1 Å². The lowest BCUT2D eigenvalue weighted by Gasteiger charge is -2.22. The lowest BCUT2D eigenvalue weighted by molar-refractivity contribution is 0.0719. The maximum absolute atomic E-state index is 12.5. The molecular weight excluding hydrogens is 306 g/mol. The monoisotopic (exact) mass is 331 g/mol. The van der Waals surface area contributed by atoms with E-state index in [-0.39, 0.29) is 5.91 Å². The molecule has 2 aromatic rings. The molecule has 0 radical (unpaired) electrons. The summed E-state index contributed by atoms with van der Waals surface area (Å²) in [5, 5.41) is 3.80.